The van der Waals surface area contributed by atoms with E-state index in [4.69, 9.17) is 0 Å². The lowest BCUT2D eigenvalue weighted by Crippen LogP contribution is -2.55. The van der Waals surface area contributed by atoms with E-state index in [1.807, 2.05) is 64.4 Å². The topological polar surface area (TPSA) is 94.6 Å². The number of nitrogens with one attached hydrogen (secondary N) is 2. The van der Waals surface area contributed by atoms with E-state index in [9.17, 15) is 19.1 Å². The van der Waals surface area contributed by atoms with Gasteiger partial charge in [0, 0.05) is 19.5 Å². The molecule has 2 heterocycles. The van der Waals surface area contributed by atoms with Gasteiger partial charge in [0.05, 0.1) is 22.2 Å². The number of likely N-dealkylation sites (tertiary alicyclic amines) is 1. The number of hydrogen-bond donors (Lipinski definition) is 3. The summed E-state index contributed by atoms with van der Waals surface area (Å²) in [5, 5.41) is 15.7. The van der Waals surface area contributed by atoms with Gasteiger partial charge in [-0.1, -0.05) is 52.0 Å². The quantitative estimate of drug-likeness (QED) is 0.531. The largest absolute Gasteiger partial charge is 0.391 e. The maximum absolute atomic E-state index is 14.5. The monoisotopic (exact) mass is 506 g/mol. The van der Waals surface area contributed by atoms with Crippen LogP contribution in [0.15, 0.2) is 29.8 Å². The van der Waals surface area contributed by atoms with Gasteiger partial charge in [-0.15, -0.1) is 11.3 Å². The second kappa shape index (κ2) is 13.1. The first-order valence-corrected chi connectivity index (χ1v) is 13.3. The smallest absolute Gasteiger partial charge is 0.243 e. The molecule has 0 spiro atoms. The van der Waals surface area contributed by atoms with Crippen LogP contribution in [0.2, 0.25) is 0 Å². The van der Waals surface area contributed by atoms with Crippen molar-refractivity contribution in [3.8, 4) is 10.4 Å². The van der Waals surface area contributed by atoms with E-state index in [0.29, 0.717) is 19.4 Å². The maximum atomic E-state index is 14.5. The standard InChI is InChI=1S/C22H27FN4O3S.2C2H6/c1-13-18(31-12-26-13)15-5-3-14(4-6-15)10-25-20(29)17-9-16(28)11-27(17)21(30)19(24-2)22(23)7-8-22;2*1-2/h3-6,12,16-17,19,24,28H,7-11H2,1-2H3,(H,25,29);2*1-2H3. The van der Waals surface area contributed by atoms with Gasteiger partial charge in [0.15, 0.2) is 0 Å². The molecule has 1 aromatic heterocycles. The van der Waals surface area contributed by atoms with Crippen LogP contribution in [-0.4, -0.2) is 64.3 Å². The van der Waals surface area contributed by atoms with Crippen molar-refractivity contribution in [2.75, 3.05) is 13.6 Å². The van der Waals surface area contributed by atoms with Crippen molar-refractivity contribution < 1.29 is 19.1 Å². The number of nitrogens with zero attached hydrogens (tertiary/aromatic N) is 2. The van der Waals surface area contributed by atoms with Crippen LogP contribution in [0.5, 0.6) is 0 Å². The Morgan fingerprint density at radius 1 is 1.23 bits per heavy atom. The molecule has 4 rings (SSSR count). The molecule has 3 N–H and O–H groups in total. The zero-order valence-electron chi connectivity index (χ0n) is 21.6. The van der Waals surface area contributed by atoms with Gasteiger partial charge in [-0.2, -0.15) is 0 Å². The molecule has 3 unspecified atom stereocenters. The number of halogens is 1. The molecule has 35 heavy (non-hydrogen) atoms. The van der Waals surface area contributed by atoms with Gasteiger partial charge in [-0.3, -0.25) is 9.59 Å². The molecule has 9 heteroatoms. The average Bonchev–Trinajstić information content (AvgIpc) is 3.27. The summed E-state index contributed by atoms with van der Waals surface area (Å²) in [6.07, 6.45) is 0.00824. The van der Waals surface area contributed by atoms with E-state index >= 15 is 0 Å². The number of amides is 2. The predicted octanol–water partition coefficient (Wildman–Crippen LogP) is 3.84. The second-order valence-corrected chi connectivity index (χ2v) is 9.19. The summed E-state index contributed by atoms with van der Waals surface area (Å²) in [5.74, 6) is -0.811. The summed E-state index contributed by atoms with van der Waals surface area (Å²) >= 11 is 1.58. The van der Waals surface area contributed by atoms with Crippen molar-refractivity contribution >= 4 is 23.2 Å². The highest BCUT2D eigenvalue weighted by molar-refractivity contribution is 7.13. The third-order valence-electron chi connectivity index (χ3n) is 6.07. The summed E-state index contributed by atoms with van der Waals surface area (Å²) in [7, 11) is 1.54. The summed E-state index contributed by atoms with van der Waals surface area (Å²) < 4.78 is 14.5. The molecule has 1 aliphatic carbocycles. The van der Waals surface area contributed by atoms with E-state index in [2.05, 4.69) is 15.6 Å². The lowest BCUT2D eigenvalue weighted by atomic mass is 10.1. The molecular weight excluding hydrogens is 467 g/mol. The van der Waals surface area contributed by atoms with Crippen LogP contribution in [0.1, 0.15) is 58.2 Å². The second-order valence-electron chi connectivity index (χ2n) is 8.33. The number of hydrogen-bond acceptors (Lipinski definition) is 6. The molecule has 194 valence electrons. The number of likely N-dealkylation sites (N-methyl/N-ethyl adjacent to an activating group) is 1. The van der Waals surface area contributed by atoms with Crippen LogP contribution in [0, 0.1) is 6.92 Å². The number of aliphatic hydroxyl groups is 1. The van der Waals surface area contributed by atoms with Crippen LogP contribution < -0.4 is 10.6 Å². The number of benzene rings is 1. The number of β-amino-alcohol motifs (C(OH)–C–C–N with tert-alkyl or cyclic N) is 1. The number of thiazole rings is 1. The molecule has 1 aromatic carbocycles. The van der Waals surface area contributed by atoms with Crippen molar-refractivity contribution in [2.45, 2.75) is 84.3 Å². The van der Waals surface area contributed by atoms with Crippen molar-refractivity contribution in [2.24, 2.45) is 0 Å². The first kappa shape index (κ1) is 28.9. The normalized spacial score (nSPS) is 20.6. The number of aliphatic hydroxyl groups excluding tert-OH is 1. The zero-order chi connectivity index (χ0) is 26.2. The Bertz CT molecular complexity index is 962. The number of carbonyl (C=O) groups excluding carboxylic acids is 2. The Kier molecular flexibility index (Phi) is 10.8. The van der Waals surface area contributed by atoms with E-state index in [0.717, 1.165) is 21.7 Å². The molecule has 2 amide bonds. The Hall–Kier alpha value is -2.36. The number of rotatable bonds is 7. The minimum absolute atomic E-state index is 0.0358. The molecule has 2 aromatic rings. The van der Waals surface area contributed by atoms with E-state index in [1.54, 1.807) is 18.4 Å². The third-order valence-corrected chi connectivity index (χ3v) is 7.05. The summed E-state index contributed by atoms with van der Waals surface area (Å²) in [6.45, 7) is 10.3. The molecule has 2 fully saturated rings. The molecule has 3 atom stereocenters. The highest BCUT2D eigenvalue weighted by Crippen LogP contribution is 2.43. The fraction of sp³-hybridized carbons (Fsp3) is 0.577. The van der Waals surface area contributed by atoms with E-state index in [1.165, 1.54) is 4.90 Å². The van der Waals surface area contributed by atoms with Crippen LogP contribution in [0.4, 0.5) is 4.39 Å². The highest BCUT2D eigenvalue weighted by atomic mass is 32.1. The molecule has 2 aliphatic rings. The first-order valence-electron chi connectivity index (χ1n) is 12.4. The van der Waals surface area contributed by atoms with Gasteiger partial charge in [-0.25, -0.2) is 9.37 Å². The van der Waals surface area contributed by atoms with Crippen molar-refractivity contribution in [1.82, 2.24) is 20.5 Å². The van der Waals surface area contributed by atoms with Gasteiger partial charge in [-0.05, 0) is 37.9 Å². The molecule has 0 bridgehead atoms. The van der Waals surface area contributed by atoms with E-state index in [-0.39, 0.29) is 18.9 Å². The average molecular weight is 507 g/mol. The molecular formula is C26H39FN4O3S. The summed E-state index contributed by atoms with van der Waals surface area (Å²) in [5.41, 5.74) is 3.23. The maximum Gasteiger partial charge on any atom is 0.243 e. The van der Waals surface area contributed by atoms with Gasteiger partial charge < -0.3 is 20.6 Å². The fourth-order valence-corrected chi connectivity index (χ4v) is 4.95. The zero-order valence-corrected chi connectivity index (χ0v) is 22.4. The Morgan fingerprint density at radius 2 is 1.86 bits per heavy atom. The number of aromatic nitrogens is 1. The number of alkyl halides is 1. The Labute approximate surface area is 212 Å². The minimum atomic E-state index is -1.56. The van der Waals surface area contributed by atoms with Crippen LogP contribution in [-0.2, 0) is 16.1 Å². The van der Waals surface area contributed by atoms with Crippen molar-refractivity contribution in [3.63, 3.8) is 0 Å². The van der Waals surface area contributed by atoms with E-state index < -0.39 is 29.8 Å². The van der Waals surface area contributed by atoms with Crippen LogP contribution in [0.3, 0.4) is 0 Å². The predicted molar refractivity (Wildman–Crippen MR) is 139 cm³/mol. The lowest BCUT2D eigenvalue weighted by Gasteiger charge is -2.29. The molecule has 7 nitrogen and oxygen atoms in total. The third kappa shape index (κ3) is 6.86. The van der Waals surface area contributed by atoms with Gasteiger partial charge in [0.25, 0.3) is 0 Å². The van der Waals surface area contributed by atoms with Gasteiger partial charge >= 0.3 is 0 Å². The van der Waals surface area contributed by atoms with Gasteiger partial charge in [0.2, 0.25) is 11.8 Å². The van der Waals surface area contributed by atoms with Crippen molar-refractivity contribution in [1.29, 1.82) is 0 Å². The molecule has 1 aliphatic heterocycles. The summed E-state index contributed by atoms with van der Waals surface area (Å²) in [6, 6.07) is 6.07. The number of carbonyl (C=O) groups is 2. The number of aryl methyl sites for hydroxylation is 1. The first-order chi connectivity index (χ1) is 16.8. The Morgan fingerprint density at radius 3 is 2.37 bits per heavy atom. The SMILES string of the molecule is CC.CC.CNC(C(=O)N1CC(O)CC1C(=O)NCc1ccc(-c2scnc2C)cc1)C1(F)CC1. The summed E-state index contributed by atoms with van der Waals surface area (Å²) in [4.78, 5) is 32.4. The van der Waals surface area contributed by atoms with Crippen LogP contribution >= 0.6 is 11.3 Å². The molecule has 1 saturated carbocycles. The Balaban J connectivity index is 0.00000103. The van der Waals surface area contributed by atoms with Crippen molar-refractivity contribution in [3.05, 3.63) is 41.0 Å². The van der Waals surface area contributed by atoms with Gasteiger partial charge in [0.1, 0.15) is 17.8 Å². The highest BCUT2D eigenvalue weighted by Gasteiger charge is 2.55. The fourth-order valence-electron chi connectivity index (χ4n) is 4.14. The van der Waals surface area contributed by atoms with Crippen LogP contribution in [0.25, 0.3) is 10.4 Å². The molecule has 0 radical (unpaired) electrons. The lowest BCUT2D eigenvalue weighted by molar-refractivity contribution is -0.141. The minimum Gasteiger partial charge on any atom is -0.391 e. The molecule has 1 saturated heterocycles.